The molecule has 0 saturated heterocycles. The molecule has 0 unspecified atom stereocenters. The van der Waals surface area contributed by atoms with Gasteiger partial charge in [-0.3, -0.25) is 29.0 Å². The van der Waals surface area contributed by atoms with Crippen LogP contribution in [-0.4, -0.2) is 46.5 Å². The van der Waals surface area contributed by atoms with Crippen molar-refractivity contribution in [2.45, 2.75) is 104 Å². The van der Waals surface area contributed by atoms with Crippen molar-refractivity contribution in [2.75, 3.05) is 13.1 Å². The molecule has 0 aliphatic carbocycles. The van der Waals surface area contributed by atoms with Crippen LogP contribution < -0.4 is 0 Å². The van der Waals surface area contributed by atoms with E-state index in [1.165, 1.54) is 61.2 Å². The summed E-state index contributed by atoms with van der Waals surface area (Å²) in [6.07, 6.45) is 15.7. The first-order chi connectivity index (χ1) is 23.5. The number of benzene rings is 5. The van der Waals surface area contributed by atoms with Crippen molar-refractivity contribution in [3.05, 3.63) is 70.8 Å². The second-order valence-electron chi connectivity index (χ2n) is 13.9. The van der Waals surface area contributed by atoms with Gasteiger partial charge in [-0.05, 0) is 69.4 Å². The van der Waals surface area contributed by atoms with E-state index in [9.17, 15) is 19.2 Å². The van der Waals surface area contributed by atoms with Gasteiger partial charge in [0.1, 0.15) is 0 Å². The number of fused-ring (bicyclic) bond motifs is 2. The fraction of sp³-hybridized carbons (Fsp3) is 0.429. The molecule has 48 heavy (non-hydrogen) atoms. The maximum atomic E-state index is 13.8. The van der Waals surface area contributed by atoms with E-state index in [0.29, 0.717) is 46.1 Å². The van der Waals surface area contributed by atoms with Crippen molar-refractivity contribution in [2.24, 2.45) is 0 Å². The van der Waals surface area contributed by atoms with Crippen molar-refractivity contribution in [1.82, 2.24) is 9.80 Å². The van der Waals surface area contributed by atoms with Crippen LogP contribution in [0.3, 0.4) is 0 Å². The van der Waals surface area contributed by atoms with Crippen LogP contribution in [0.15, 0.2) is 48.5 Å². The third kappa shape index (κ3) is 5.34. The highest BCUT2D eigenvalue weighted by Crippen LogP contribution is 2.46. The maximum Gasteiger partial charge on any atom is 0.261 e. The third-order valence-corrected chi connectivity index (χ3v) is 10.8. The molecule has 2 aliphatic heterocycles. The fourth-order valence-electron chi connectivity index (χ4n) is 8.23. The smallest absolute Gasteiger partial charge is 0.261 e. The summed E-state index contributed by atoms with van der Waals surface area (Å²) in [4.78, 5) is 58.1. The molecule has 0 bridgehead atoms. The Morgan fingerprint density at radius 2 is 0.625 bits per heavy atom. The average molecular weight is 643 g/mol. The van der Waals surface area contributed by atoms with Gasteiger partial charge in [0, 0.05) is 46.1 Å². The number of imide groups is 2. The van der Waals surface area contributed by atoms with Crippen LogP contribution in [0.2, 0.25) is 0 Å². The molecule has 6 heteroatoms. The first-order valence-corrected chi connectivity index (χ1v) is 18.4. The number of rotatable bonds is 16. The highest BCUT2D eigenvalue weighted by Gasteiger charge is 2.36. The highest BCUT2D eigenvalue weighted by molar-refractivity contribution is 6.41. The normalized spacial score (nSPS) is 14.6. The van der Waals surface area contributed by atoms with Crippen molar-refractivity contribution >= 4 is 66.7 Å². The van der Waals surface area contributed by atoms with Gasteiger partial charge in [-0.2, -0.15) is 0 Å². The Morgan fingerprint density at radius 3 is 0.917 bits per heavy atom. The molecule has 0 N–H and O–H groups in total. The van der Waals surface area contributed by atoms with Crippen molar-refractivity contribution < 1.29 is 19.2 Å². The summed E-state index contributed by atoms with van der Waals surface area (Å²) in [6.45, 7) is 5.28. The number of unbranched alkanes of at least 4 members (excludes halogenated alkanes) is 12. The SMILES string of the molecule is CCCCCCCCCN1C(=O)c2ccc3c4ccc5c6c(ccc(c7ccc(c2c37)C1=O)c64)C(=O)N(CCCCCCCCC)C5=O. The summed E-state index contributed by atoms with van der Waals surface area (Å²) in [7, 11) is 0. The van der Waals surface area contributed by atoms with E-state index < -0.39 is 0 Å². The van der Waals surface area contributed by atoms with Crippen LogP contribution in [0, 0.1) is 0 Å². The van der Waals surface area contributed by atoms with Crippen molar-refractivity contribution in [1.29, 1.82) is 0 Å². The van der Waals surface area contributed by atoms with Crippen LogP contribution in [-0.2, 0) is 0 Å². The first kappa shape index (κ1) is 32.2. The van der Waals surface area contributed by atoms with Gasteiger partial charge in [-0.25, -0.2) is 0 Å². The third-order valence-electron chi connectivity index (χ3n) is 10.8. The molecule has 0 fully saturated rings. The highest BCUT2D eigenvalue weighted by atomic mass is 16.2. The van der Waals surface area contributed by atoms with Gasteiger partial charge in [-0.1, -0.05) is 115 Å². The van der Waals surface area contributed by atoms with Gasteiger partial charge in [0.25, 0.3) is 23.6 Å². The van der Waals surface area contributed by atoms with Crippen LogP contribution in [0.4, 0.5) is 0 Å². The topological polar surface area (TPSA) is 74.8 Å². The Kier molecular flexibility index (Phi) is 9.17. The minimum Gasteiger partial charge on any atom is -0.274 e. The van der Waals surface area contributed by atoms with Gasteiger partial charge in [0.05, 0.1) is 0 Å². The fourth-order valence-corrected chi connectivity index (χ4v) is 8.23. The molecular weight excluding hydrogens is 596 g/mol. The lowest BCUT2D eigenvalue weighted by atomic mass is 9.82. The lowest BCUT2D eigenvalue weighted by molar-refractivity contribution is 0.0592. The number of hydrogen-bond donors (Lipinski definition) is 0. The lowest BCUT2D eigenvalue weighted by Gasteiger charge is -2.30. The summed E-state index contributed by atoms with van der Waals surface area (Å²) >= 11 is 0. The van der Waals surface area contributed by atoms with E-state index >= 15 is 0 Å². The van der Waals surface area contributed by atoms with E-state index in [1.54, 1.807) is 0 Å². The standard InChI is InChI=1S/C42H46N2O4/c1-3-5-7-9-11-13-15-25-43-39(45)31-21-17-27-29-19-23-33-38-34(42(48)44(41(33)47)26-16-14-12-10-8-6-4-2)24-20-30(36(29)38)28-18-22-32(40(43)46)37(31)35(27)28/h17-24H,3-16,25-26H2,1-2H3. The zero-order chi connectivity index (χ0) is 33.4. The molecule has 2 aliphatic rings. The predicted octanol–water partition coefficient (Wildman–Crippen LogP) is 10.4. The average Bonchev–Trinajstić information content (AvgIpc) is 3.10. The molecule has 5 aromatic rings. The quantitative estimate of drug-likeness (QED) is 0.0464. The lowest BCUT2D eigenvalue weighted by Crippen LogP contribution is -2.41. The monoisotopic (exact) mass is 642 g/mol. The Morgan fingerprint density at radius 1 is 0.354 bits per heavy atom. The summed E-state index contributed by atoms with van der Waals surface area (Å²) in [5.41, 5.74) is 2.25. The molecule has 0 radical (unpaired) electrons. The predicted molar refractivity (Wildman–Crippen MR) is 194 cm³/mol. The molecule has 6 nitrogen and oxygen atoms in total. The van der Waals surface area contributed by atoms with E-state index in [1.807, 2.05) is 48.5 Å². The largest absolute Gasteiger partial charge is 0.274 e. The minimum absolute atomic E-state index is 0.226. The molecule has 2 heterocycles. The van der Waals surface area contributed by atoms with Crippen LogP contribution in [0.1, 0.15) is 145 Å². The van der Waals surface area contributed by atoms with Crippen LogP contribution >= 0.6 is 0 Å². The molecular formula is C42H46N2O4. The van der Waals surface area contributed by atoms with Crippen LogP contribution in [0.5, 0.6) is 0 Å². The number of hydrogen-bond acceptors (Lipinski definition) is 4. The Balaban J connectivity index is 1.22. The molecule has 0 spiro atoms. The first-order valence-electron chi connectivity index (χ1n) is 18.4. The van der Waals surface area contributed by atoms with Gasteiger partial charge in [-0.15, -0.1) is 0 Å². The zero-order valence-electron chi connectivity index (χ0n) is 28.5. The molecule has 0 atom stereocenters. The van der Waals surface area contributed by atoms with Gasteiger partial charge in [0.2, 0.25) is 0 Å². The van der Waals surface area contributed by atoms with E-state index in [-0.39, 0.29) is 23.6 Å². The van der Waals surface area contributed by atoms with Gasteiger partial charge < -0.3 is 0 Å². The van der Waals surface area contributed by atoms with Gasteiger partial charge >= 0.3 is 0 Å². The van der Waals surface area contributed by atoms with Crippen molar-refractivity contribution in [3.8, 4) is 0 Å². The number of carbonyl (C=O) groups excluding carboxylic acids is 4. The van der Waals surface area contributed by atoms with Gasteiger partial charge in [0.15, 0.2) is 0 Å². The van der Waals surface area contributed by atoms with Crippen LogP contribution in [0.25, 0.3) is 43.1 Å². The molecule has 4 amide bonds. The van der Waals surface area contributed by atoms with E-state index in [2.05, 4.69) is 13.8 Å². The number of carbonyl (C=O) groups is 4. The minimum atomic E-state index is -0.226. The van der Waals surface area contributed by atoms with E-state index in [4.69, 9.17) is 0 Å². The Hall–Kier alpha value is -4.32. The summed E-state index contributed by atoms with van der Waals surface area (Å²) < 4.78 is 0. The number of nitrogens with zero attached hydrogens (tertiary/aromatic N) is 2. The molecule has 0 aromatic heterocycles. The second kappa shape index (κ2) is 13.7. The summed E-state index contributed by atoms with van der Waals surface area (Å²) in [5.74, 6) is -0.906. The molecule has 7 rings (SSSR count). The molecule has 5 aromatic carbocycles. The summed E-state index contributed by atoms with van der Waals surface area (Å²) in [6, 6.07) is 15.4. The molecule has 0 saturated carbocycles. The molecule has 248 valence electrons. The maximum absolute atomic E-state index is 13.8. The summed E-state index contributed by atoms with van der Waals surface area (Å²) in [5, 5.41) is 6.91. The van der Waals surface area contributed by atoms with Crippen molar-refractivity contribution in [3.63, 3.8) is 0 Å². The van der Waals surface area contributed by atoms with E-state index in [0.717, 1.165) is 70.8 Å². The number of amides is 4. The zero-order valence-corrected chi connectivity index (χ0v) is 28.5. The Labute approximate surface area is 282 Å². The Bertz CT molecular complexity index is 1790. The second-order valence-corrected chi connectivity index (χ2v) is 13.9.